The fraction of sp³-hybridized carbons (Fsp3) is 0.333. The van der Waals surface area contributed by atoms with Gasteiger partial charge in [0.15, 0.2) is 0 Å². The van der Waals surface area contributed by atoms with Crippen LogP contribution in [0, 0.1) is 10.1 Å². The van der Waals surface area contributed by atoms with Crippen LogP contribution in [-0.4, -0.2) is 22.3 Å². The molecule has 0 aromatic heterocycles. The quantitative estimate of drug-likeness (QED) is 0.335. The Morgan fingerprint density at radius 2 is 2.00 bits per heavy atom. The molecule has 6 N–H and O–H groups in total. The van der Waals surface area contributed by atoms with Crippen molar-refractivity contribution >= 4 is 23.2 Å². The highest BCUT2D eigenvalue weighted by molar-refractivity contribution is 5.96. The molecule has 1 rings (SSSR count). The zero-order valence-electron chi connectivity index (χ0n) is 11.7. The van der Waals surface area contributed by atoms with Gasteiger partial charge in [0.05, 0.1) is 4.92 Å². The molecule has 0 saturated heterocycles. The molecule has 0 aliphatic carbocycles. The number of nitrogens with zero attached hydrogens (tertiary/aromatic N) is 1. The van der Waals surface area contributed by atoms with E-state index in [1.54, 1.807) is 13.8 Å². The maximum atomic E-state index is 12.1. The number of hydrazine groups is 1. The molecule has 9 heteroatoms. The minimum atomic E-state index is -0.832. The number of primary amides is 1. The molecule has 0 spiro atoms. The molecule has 0 radical (unpaired) electrons. The van der Waals surface area contributed by atoms with Gasteiger partial charge in [0, 0.05) is 23.6 Å². The van der Waals surface area contributed by atoms with Crippen LogP contribution in [0.3, 0.4) is 0 Å². The van der Waals surface area contributed by atoms with E-state index >= 15 is 0 Å². The highest BCUT2D eigenvalue weighted by Crippen LogP contribution is 2.24. The Morgan fingerprint density at radius 1 is 1.38 bits per heavy atom. The molecule has 0 atom stereocenters. The van der Waals surface area contributed by atoms with Crippen LogP contribution in [0.15, 0.2) is 18.2 Å². The molecule has 9 nitrogen and oxygen atoms in total. The lowest BCUT2D eigenvalue weighted by molar-refractivity contribution is -0.384. The number of amides is 2. The second-order valence-electron chi connectivity index (χ2n) is 5.11. The summed E-state index contributed by atoms with van der Waals surface area (Å²) in [5.74, 6) is 4.16. The molecule has 0 bridgehead atoms. The lowest BCUT2D eigenvalue weighted by Gasteiger charge is -2.24. The van der Waals surface area contributed by atoms with Crippen molar-refractivity contribution in [1.82, 2.24) is 5.32 Å². The van der Waals surface area contributed by atoms with Gasteiger partial charge in [-0.15, -0.1) is 0 Å². The molecule has 0 heterocycles. The van der Waals surface area contributed by atoms with Gasteiger partial charge in [0.1, 0.15) is 5.69 Å². The third kappa shape index (κ3) is 4.42. The normalized spacial score (nSPS) is 10.8. The van der Waals surface area contributed by atoms with Crippen molar-refractivity contribution in [2.24, 2.45) is 11.6 Å². The summed E-state index contributed by atoms with van der Waals surface area (Å²) in [5.41, 5.74) is 6.38. The van der Waals surface area contributed by atoms with Crippen LogP contribution in [0.25, 0.3) is 0 Å². The average Bonchev–Trinajstić information content (AvgIpc) is 2.35. The van der Waals surface area contributed by atoms with E-state index in [0.717, 1.165) is 0 Å². The third-order valence-electron chi connectivity index (χ3n) is 2.68. The highest BCUT2D eigenvalue weighted by atomic mass is 16.6. The Labute approximate surface area is 120 Å². The second-order valence-corrected chi connectivity index (χ2v) is 5.11. The number of nitrogens with two attached hydrogens (primary N) is 2. The first-order valence-electron chi connectivity index (χ1n) is 6.02. The maximum Gasteiger partial charge on any atom is 0.293 e. The van der Waals surface area contributed by atoms with Crippen LogP contribution in [0.2, 0.25) is 0 Å². The fourth-order valence-electron chi connectivity index (χ4n) is 1.81. The van der Waals surface area contributed by atoms with Crippen LogP contribution in [0.4, 0.5) is 11.4 Å². The van der Waals surface area contributed by atoms with Crippen molar-refractivity contribution in [2.45, 2.75) is 25.8 Å². The van der Waals surface area contributed by atoms with Gasteiger partial charge in [-0.1, -0.05) is 0 Å². The van der Waals surface area contributed by atoms with Gasteiger partial charge in [0.2, 0.25) is 5.91 Å². The molecule has 0 aliphatic heterocycles. The SMILES string of the molecule is CC(C)(CC(N)=O)NC(=O)c1ccc([N+](=O)[O-])c(NN)c1. The number of rotatable bonds is 6. The van der Waals surface area contributed by atoms with Crippen molar-refractivity contribution in [1.29, 1.82) is 0 Å². The lowest BCUT2D eigenvalue weighted by atomic mass is 9.99. The van der Waals surface area contributed by atoms with Crippen molar-refractivity contribution in [2.75, 3.05) is 5.43 Å². The Balaban J connectivity index is 2.98. The minimum absolute atomic E-state index is 0.0142. The van der Waals surface area contributed by atoms with E-state index < -0.39 is 22.3 Å². The number of anilines is 1. The van der Waals surface area contributed by atoms with E-state index in [9.17, 15) is 19.7 Å². The van der Waals surface area contributed by atoms with E-state index in [1.807, 2.05) is 0 Å². The zero-order valence-corrected chi connectivity index (χ0v) is 11.7. The van der Waals surface area contributed by atoms with Crippen molar-refractivity contribution < 1.29 is 14.5 Å². The van der Waals surface area contributed by atoms with Crippen molar-refractivity contribution in [3.05, 3.63) is 33.9 Å². The highest BCUT2D eigenvalue weighted by Gasteiger charge is 2.24. The van der Waals surface area contributed by atoms with Crippen molar-refractivity contribution in [3.8, 4) is 0 Å². The molecule has 0 aliphatic rings. The number of benzene rings is 1. The van der Waals surface area contributed by atoms with Gasteiger partial charge in [-0.3, -0.25) is 25.5 Å². The number of nitrogen functional groups attached to an aromatic ring is 1. The number of hydrogen-bond donors (Lipinski definition) is 4. The molecule has 2 amide bonds. The standard InChI is InChI=1S/C12H17N5O4/c1-12(2,6-10(13)18)15-11(19)7-3-4-9(17(20)21)8(5-7)16-14/h3-5,16H,6,14H2,1-2H3,(H2,13,18)(H,15,19). The first kappa shape index (κ1) is 16.4. The number of hydrogen-bond acceptors (Lipinski definition) is 6. The summed E-state index contributed by atoms with van der Waals surface area (Å²) in [5, 5.41) is 13.4. The predicted octanol–water partition coefficient (Wildman–Crippen LogP) is 0.264. The summed E-state index contributed by atoms with van der Waals surface area (Å²) < 4.78 is 0. The van der Waals surface area contributed by atoms with Crippen LogP contribution < -0.4 is 22.3 Å². The number of nitro groups is 1. The third-order valence-corrected chi connectivity index (χ3v) is 2.68. The van der Waals surface area contributed by atoms with E-state index in [1.165, 1.54) is 18.2 Å². The van der Waals surface area contributed by atoms with Crippen LogP contribution >= 0.6 is 0 Å². The minimum Gasteiger partial charge on any atom is -0.370 e. The number of nitrogens with one attached hydrogen (secondary N) is 2. The fourth-order valence-corrected chi connectivity index (χ4v) is 1.81. The molecular weight excluding hydrogens is 278 g/mol. The molecule has 0 unspecified atom stereocenters. The number of carbonyl (C=O) groups is 2. The number of carbonyl (C=O) groups excluding carboxylic acids is 2. The Morgan fingerprint density at radius 3 is 2.48 bits per heavy atom. The largest absolute Gasteiger partial charge is 0.370 e. The summed E-state index contributed by atoms with van der Waals surface area (Å²) in [6, 6.07) is 3.73. The lowest BCUT2D eigenvalue weighted by Crippen LogP contribution is -2.46. The summed E-state index contributed by atoms with van der Waals surface area (Å²) >= 11 is 0. The van der Waals surface area contributed by atoms with Gasteiger partial charge < -0.3 is 16.5 Å². The van der Waals surface area contributed by atoms with Crippen molar-refractivity contribution in [3.63, 3.8) is 0 Å². The molecule has 0 saturated carbocycles. The van der Waals surface area contributed by atoms with Crippen LogP contribution in [0.5, 0.6) is 0 Å². The van der Waals surface area contributed by atoms with Crippen LogP contribution in [0.1, 0.15) is 30.6 Å². The zero-order chi connectivity index (χ0) is 16.2. The smallest absolute Gasteiger partial charge is 0.293 e. The van der Waals surface area contributed by atoms with E-state index in [0.29, 0.717) is 0 Å². The maximum absolute atomic E-state index is 12.1. The van der Waals surface area contributed by atoms with Gasteiger partial charge in [-0.25, -0.2) is 0 Å². The molecule has 1 aromatic carbocycles. The molecule has 21 heavy (non-hydrogen) atoms. The molecular formula is C12H17N5O4. The average molecular weight is 295 g/mol. The molecule has 0 fully saturated rings. The van der Waals surface area contributed by atoms with Gasteiger partial charge in [-0.2, -0.15) is 0 Å². The molecule has 1 aromatic rings. The van der Waals surface area contributed by atoms with E-state index in [2.05, 4.69) is 10.7 Å². The Bertz CT molecular complexity index is 585. The second kappa shape index (κ2) is 6.18. The van der Waals surface area contributed by atoms with Gasteiger partial charge in [0.25, 0.3) is 11.6 Å². The first-order chi connectivity index (χ1) is 9.66. The number of nitro benzene ring substituents is 1. The summed E-state index contributed by atoms with van der Waals surface area (Å²) in [6.45, 7) is 3.28. The van der Waals surface area contributed by atoms with Crippen LogP contribution in [-0.2, 0) is 4.79 Å². The Kier molecular flexibility index (Phi) is 4.82. The van der Waals surface area contributed by atoms with E-state index in [4.69, 9.17) is 11.6 Å². The first-order valence-corrected chi connectivity index (χ1v) is 6.02. The summed E-state index contributed by atoms with van der Waals surface area (Å²) in [7, 11) is 0. The monoisotopic (exact) mass is 295 g/mol. The topological polar surface area (TPSA) is 153 Å². The summed E-state index contributed by atoms with van der Waals surface area (Å²) in [6.07, 6.45) is -0.0340. The summed E-state index contributed by atoms with van der Waals surface area (Å²) in [4.78, 5) is 33.2. The van der Waals surface area contributed by atoms with Gasteiger partial charge >= 0.3 is 0 Å². The van der Waals surface area contributed by atoms with Gasteiger partial charge in [-0.05, 0) is 26.0 Å². The predicted molar refractivity (Wildman–Crippen MR) is 76.3 cm³/mol. The van der Waals surface area contributed by atoms with E-state index in [-0.39, 0.29) is 23.4 Å². The molecule has 114 valence electrons. The Hall–Kier alpha value is -2.68.